The van der Waals surface area contributed by atoms with Crippen molar-refractivity contribution in [2.75, 3.05) is 39.2 Å². The third-order valence-corrected chi connectivity index (χ3v) is 4.82. The maximum absolute atomic E-state index is 11.3. The van der Waals surface area contributed by atoms with E-state index in [9.17, 15) is 15.2 Å². The summed E-state index contributed by atoms with van der Waals surface area (Å²) < 4.78 is 12.2. The van der Waals surface area contributed by atoms with E-state index in [1.54, 1.807) is 37.1 Å². The molecule has 2 N–H and O–H groups in total. The monoisotopic (exact) mass is 409 g/mol. The number of ether oxygens (including phenoxy) is 2. The minimum Gasteiger partial charge on any atom is -0.497 e. The van der Waals surface area contributed by atoms with Crippen molar-refractivity contribution < 1.29 is 19.4 Å². The summed E-state index contributed by atoms with van der Waals surface area (Å²) in [5.74, 6) is 7.77. The summed E-state index contributed by atoms with van der Waals surface area (Å²) in [5, 5.41) is 26.7. The molecule has 0 saturated carbocycles. The van der Waals surface area contributed by atoms with Crippen molar-refractivity contribution in [3.63, 3.8) is 0 Å². The minimum absolute atomic E-state index is 0.158. The summed E-state index contributed by atoms with van der Waals surface area (Å²) in [7, 11) is 3.12. The van der Waals surface area contributed by atoms with E-state index in [1.165, 1.54) is 4.90 Å². The summed E-state index contributed by atoms with van der Waals surface area (Å²) in [6, 6.07) is 7.31. The molecular formula is C21H23N5O4. The Morgan fingerprint density at radius 2 is 2.00 bits per heavy atom. The highest BCUT2D eigenvalue weighted by Gasteiger charge is 2.31. The largest absolute Gasteiger partial charge is 0.497 e. The van der Waals surface area contributed by atoms with Gasteiger partial charge in [-0.05, 0) is 31.4 Å². The third kappa shape index (κ3) is 4.26. The summed E-state index contributed by atoms with van der Waals surface area (Å²) in [6.07, 6.45) is -0.334. The maximum atomic E-state index is 11.3. The summed E-state index contributed by atoms with van der Waals surface area (Å²) in [6.45, 7) is 3.26. The first kappa shape index (κ1) is 20.9. The van der Waals surface area contributed by atoms with Crippen molar-refractivity contribution in [3.8, 4) is 29.4 Å². The van der Waals surface area contributed by atoms with Gasteiger partial charge in [0.15, 0.2) is 5.69 Å². The second kappa shape index (κ2) is 9.10. The Morgan fingerprint density at radius 1 is 1.30 bits per heavy atom. The average molecular weight is 409 g/mol. The number of anilines is 1. The lowest BCUT2D eigenvalue weighted by Gasteiger charge is -2.15. The Kier molecular flexibility index (Phi) is 6.33. The van der Waals surface area contributed by atoms with Gasteiger partial charge in [-0.3, -0.25) is 0 Å². The fourth-order valence-electron chi connectivity index (χ4n) is 3.36. The first-order chi connectivity index (χ1) is 14.5. The van der Waals surface area contributed by atoms with Gasteiger partial charge in [0.1, 0.15) is 28.9 Å². The van der Waals surface area contributed by atoms with Crippen LogP contribution in [0.3, 0.4) is 0 Å². The summed E-state index contributed by atoms with van der Waals surface area (Å²) in [5.41, 5.74) is 1.34. The van der Waals surface area contributed by atoms with Crippen molar-refractivity contribution in [2.24, 2.45) is 0 Å². The number of likely N-dealkylation sites (tertiary alicyclic amines) is 1. The average Bonchev–Trinajstić information content (AvgIpc) is 3.37. The molecule has 0 spiro atoms. The van der Waals surface area contributed by atoms with Gasteiger partial charge in [0.25, 0.3) is 0 Å². The number of rotatable bonds is 5. The fourth-order valence-corrected chi connectivity index (χ4v) is 3.36. The lowest BCUT2D eigenvalue weighted by atomic mass is 10.2. The molecule has 156 valence electrons. The molecule has 1 saturated heterocycles. The van der Waals surface area contributed by atoms with Crippen LogP contribution < -0.4 is 14.8 Å². The molecule has 9 heteroatoms. The number of carboxylic acid groups (broad SMARTS) is 1. The predicted octanol–water partition coefficient (Wildman–Crippen LogP) is 2.53. The molecule has 1 aromatic carbocycles. The van der Waals surface area contributed by atoms with Crippen molar-refractivity contribution in [1.82, 2.24) is 14.7 Å². The van der Waals surface area contributed by atoms with E-state index in [4.69, 9.17) is 9.47 Å². The number of methoxy groups -OCH3 is 2. The Labute approximate surface area is 174 Å². The molecule has 2 aromatic rings. The molecule has 1 aromatic heterocycles. The molecule has 1 atom stereocenters. The van der Waals surface area contributed by atoms with Gasteiger partial charge in [0.2, 0.25) is 0 Å². The van der Waals surface area contributed by atoms with Gasteiger partial charge in [-0.1, -0.05) is 5.92 Å². The maximum Gasteiger partial charge on any atom is 0.407 e. The van der Waals surface area contributed by atoms with E-state index in [1.807, 2.05) is 6.92 Å². The van der Waals surface area contributed by atoms with Crippen molar-refractivity contribution >= 4 is 11.9 Å². The number of carbonyl (C=O) groups is 1. The number of hydrogen-bond donors (Lipinski definition) is 2. The van der Waals surface area contributed by atoms with Gasteiger partial charge in [-0.25, -0.2) is 9.48 Å². The third-order valence-electron chi connectivity index (χ3n) is 4.82. The van der Waals surface area contributed by atoms with Gasteiger partial charge < -0.3 is 24.8 Å². The van der Waals surface area contributed by atoms with Crippen LogP contribution in [0.15, 0.2) is 18.2 Å². The Bertz CT molecular complexity index is 1020. The van der Waals surface area contributed by atoms with Crippen LogP contribution in [0.25, 0.3) is 0 Å². The first-order valence-corrected chi connectivity index (χ1v) is 9.50. The highest BCUT2D eigenvalue weighted by atomic mass is 16.5. The topological polar surface area (TPSA) is 113 Å². The van der Waals surface area contributed by atoms with E-state index in [0.717, 1.165) is 0 Å². The highest BCUT2D eigenvalue weighted by molar-refractivity contribution is 5.65. The van der Waals surface area contributed by atoms with E-state index < -0.39 is 6.09 Å². The number of nitrogens with zero attached hydrogens (tertiary/aromatic N) is 4. The van der Waals surface area contributed by atoms with Crippen LogP contribution in [0.2, 0.25) is 0 Å². The van der Waals surface area contributed by atoms with Gasteiger partial charge in [0, 0.05) is 31.3 Å². The molecule has 1 unspecified atom stereocenters. The molecular weight excluding hydrogens is 386 g/mol. The second-order valence-corrected chi connectivity index (χ2v) is 6.68. The number of aromatic nitrogens is 2. The van der Waals surface area contributed by atoms with Crippen LogP contribution >= 0.6 is 0 Å². The SMILES string of the molecule is CCNc1c(C#N)c(C#Cc2cc(OC)cc(OC)c2)nn1C1CCN(C(=O)O)C1. The molecule has 1 fully saturated rings. The highest BCUT2D eigenvalue weighted by Crippen LogP contribution is 2.29. The summed E-state index contributed by atoms with van der Waals surface area (Å²) in [4.78, 5) is 12.6. The van der Waals surface area contributed by atoms with Crippen molar-refractivity contribution in [2.45, 2.75) is 19.4 Å². The van der Waals surface area contributed by atoms with Crippen LogP contribution in [-0.2, 0) is 0 Å². The minimum atomic E-state index is -0.956. The lowest BCUT2D eigenvalue weighted by Crippen LogP contribution is -2.27. The zero-order chi connectivity index (χ0) is 21.7. The Hall–Kier alpha value is -3.85. The van der Waals surface area contributed by atoms with E-state index >= 15 is 0 Å². The van der Waals surface area contributed by atoms with E-state index in [0.29, 0.717) is 60.2 Å². The number of amides is 1. The molecule has 9 nitrogen and oxygen atoms in total. The standard InChI is InChI=1S/C21H23N5O4/c1-4-23-20-18(12-22)19(24-26(20)15-7-8-25(13-15)21(27)28)6-5-14-9-16(29-2)11-17(10-14)30-3/h9-11,15,23H,4,7-8,13H2,1-3H3,(H,27,28). The molecule has 30 heavy (non-hydrogen) atoms. The van der Waals surface area contributed by atoms with Crippen LogP contribution in [-0.4, -0.2) is 59.7 Å². The lowest BCUT2D eigenvalue weighted by molar-refractivity contribution is 0.154. The van der Waals surface area contributed by atoms with Crippen LogP contribution in [0, 0.1) is 23.2 Å². The molecule has 0 bridgehead atoms. The van der Waals surface area contributed by atoms with E-state index in [-0.39, 0.29) is 6.04 Å². The molecule has 2 heterocycles. The zero-order valence-corrected chi connectivity index (χ0v) is 17.1. The number of nitrogens with one attached hydrogen (secondary N) is 1. The first-order valence-electron chi connectivity index (χ1n) is 9.50. The van der Waals surface area contributed by atoms with Crippen LogP contribution in [0.5, 0.6) is 11.5 Å². The molecule has 0 aliphatic carbocycles. The Morgan fingerprint density at radius 3 is 2.53 bits per heavy atom. The fraction of sp³-hybridized carbons (Fsp3) is 0.381. The Balaban J connectivity index is 2.00. The molecule has 1 aliphatic rings. The molecule has 1 amide bonds. The summed E-state index contributed by atoms with van der Waals surface area (Å²) >= 11 is 0. The second-order valence-electron chi connectivity index (χ2n) is 6.68. The van der Waals surface area contributed by atoms with Crippen molar-refractivity contribution in [3.05, 3.63) is 35.0 Å². The smallest absolute Gasteiger partial charge is 0.407 e. The quantitative estimate of drug-likeness (QED) is 0.730. The van der Waals surface area contributed by atoms with E-state index in [2.05, 4.69) is 28.3 Å². The molecule has 1 aliphatic heterocycles. The number of nitriles is 1. The van der Waals surface area contributed by atoms with Crippen LogP contribution in [0.1, 0.15) is 36.2 Å². The van der Waals surface area contributed by atoms with Gasteiger partial charge >= 0.3 is 6.09 Å². The van der Waals surface area contributed by atoms with Gasteiger partial charge in [0.05, 0.1) is 20.3 Å². The van der Waals surface area contributed by atoms with Gasteiger partial charge in [-0.15, -0.1) is 0 Å². The van der Waals surface area contributed by atoms with Gasteiger partial charge in [-0.2, -0.15) is 10.4 Å². The molecule has 3 rings (SSSR count). The number of hydrogen-bond acceptors (Lipinski definition) is 6. The molecule has 0 radical (unpaired) electrons. The predicted molar refractivity (Wildman–Crippen MR) is 110 cm³/mol. The number of benzene rings is 1. The van der Waals surface area contributed by atoms with Crippen LogP contribution in [0.4, 0.5) is 10.6 Å². The zero-order valence-electron chi connectivity index (χ0n) is 17.1. The van der Waals surface area contributed by atoms with Crippen molar-refractivity contribution in [1.29, 1.82) is 5.26 Å². The normalized spacial score (nSPS) is 15.1.